The van der Waals surface area contributed by atoms with Gasteiger partial charge >= 0.3 is 6.03 Å². The summed E-state index contributed by atoms with van der Waals surface area (Å²) in [7, 11) is 0. The first kappa shape index (κ1) is 15.3. The third-order valence-electron chi connectivity index (χ3n) is 3.58. The lowest BCUT2D eigenvalue weighted by Gasteiger charge is -2.25. The topological polar surface area (TPSA) is 74.2 Å². The summed E-state index contributed by atoms with van der Waals surface area (Å²) in [5, 5.41) is 15.9. The Labute approximate surface area is 123 Å². The molecule has 0 aliphatic heterocycles. The van der Waals surface area contributed by atoms with Crippen LogP contribution in [0, 0.1) is 5.92 Å². The first-order valence-corrected chi connectivity index (χ1v) is 8.16. The van der Waals surface area contributed by atoms with E-state index in [-0.39, 0.29) is 12.1 Å². The van der Waals surface area contributed by atoms with E-state index in [2.05, 4.69) is 22.5 Å². The molecule has 1 fully saturated rings. The van der Waals surface area contributed by atoms with Crippen LogP contribution in [0.3, 0.4) is 0 Å². The van der Waals surface area contributed by atoms with Gasteiger partial charge in [-0.05, 0) is 31.6 Å². The largest absolute Gasteiger partial charge is 0.393 e. The summed E-state index contributed by atoms with van der Waals surface area (Å²) in [5.74, 6) is 0.386. The Morgan fingerprint density at radius 3 is 3.15 bits per heavy atom. The number of anilines is 1. The second kappa shape index (κ2) is 7.59. The molecule has 2 amide bonds. The number of aryl methyl sites for hydroxylation is 1. The molecule has 5 nitrogen and oxygen atoms in total. The molecule has 6 heteroatoms. The molecule has 2 atom stereocenters. The average Bonchev–Trinajstić information content (AvgIpc) is 2.84. The number of thiazole rings is 1. The van der Waals surface area contributed by atoms with Gasteiger partial charge in [0.15, 0.2) is 5.13 Å². The van der Waals surface area contributed by atoms with Gasteiger partial charge < -0.3 is 10.4 Å². The van der Waals surface area contributed by atoms with Crippen molar-refractivity contribution in [1.29, 1.82) is 0 Å². The van der Waals surface area contributed by atoms with Crippen molar-refractivity contribution >= 4 is 22.5 Å². The molecule has 1 saturated carbocycles. The summed E-state index contributed by atoms with van der Waals surface area (Å²) < 4.78 is 0. The highest BCUT2D eigenvalue weighted by molar-refractivity contribution is 7.15. The summed E-state index contributed by atoms with van der Waals surface area (Å²) in [4.78, 5) is 17.2. The van der Waals surface area contributed by atoms with Crippen molar-refractivity contribution < 1.29 is 9.90 Å². The van der Waals surface area contributed by atoms with Crippen LogP contribution in [0.1, 0.15) is 43.9 Å². The van der Waals surface area contributed by atoms with E-state index in [0.29, 0.717) is 17.6 Å². The fourth-order valence-electron chi connectivity index (χ4n) is 2.55. The summed E-state index contributed by atoms with van der Waals surface area (Å²) in [6.07, 6.45) is 7.51. The SMILES string of the molecule is CCCc1cnc(NC(=O)NC[C@@H]2CCC[C@@H](O)C2)s1. The molecule has 1 aliphatic carbocycles. The zero-order valence-corrected chi connectivity index (χ0v) is 12.7. The number of urea groups is 1. The van der Waals surface area contributed by atoms with Gasteiger partial charge in [0, 0.05) is 17.6 Å². The Balaban J connectivity index is 1.71. The molecule has 0 aromatic carbocycles. The van der Waals surface area contributed by atoms with Crippen molar-refractivity contribution in [3.05, 3.63) is 11.1 Å². The highest BCUT2D eigenvalue weighted by atomic mass is 32.1. The predicted octanol–water partition coefficient (Wildman–Crippen LogP) is 2.77. The molecule has 3 N–H and O–H groups in total. The molecular formula is C14H23N3O2S. The van der Waals surface area contributed by atoms with E-state index < -0.39 is 0 Å². The molecule has 112 valence electrons. The van der Waals surface area contributed by atoms with Gasteiger partial charge in [0.25, 0.3) is 0 Å². The van der Waals surface area contributed by atoms with Gasteiger partial charge in [0.1, 0.15) is 0 Å². The molecule has 0 saturated heterocycles. The number of rotatable bonds is 5. The van der Waals surface area contributed by atoms with Crippen LogP contribution in [0.4, 0.5) is 9.93 Å². The van der Waals surface area contributed by atoms with Crippen LogP contribution in [-0.4, -0.2) is 28.8 Å². The van der Waals surface area contributed by atoms with Gasteiger partial charge in [-0.2, -0.15) is 0 Å². The zero-order chi connectivity index (χ0) is 14.4. The molecule has 1 aliphatic rings. The molecule has 0 unspecified atom stereocenters. The van der Waals surface area contributed by atoms with Gasteiger partial charge in [-0.25, -0.2) is 9.78 Å². The monoisotopic (exact) mass is 297 g/mol. The number of aliphatic hydroxyl groups excluding tert-OH is 1. The number of aromatic nitrogens is 1. The first-order chi connectivity index (χ1) is 9.67. The van der Waals surface area contributed by atoms with Crippen molar-refractivity contribution in [3.63, 3.8) is 0 Å². The zero-order valence-electron chi connectivity index (χ0n) is 11.9. The van der Waals surface area contributed by atoms with E-state index in [1.165, 1.54) is 16.2 Å². The molecule has 20 heavy (non-hydrogen) atoms. The van der Waals surface area contributed by atoms with Crippen LogP contribution >= 0.6 is 11.3 Å². The second-order valence-electron chi connectivity index (χ2n) is 5.40. The summed E-state index contributed by atoms with van der Waals surface area (Å²) in [6, 6.07) is -0.206. The molecule has 1 heterocycles. The molecule has 0 bridgehead atoms. The molecule has 0 radical (unpaired) electrons. The summed E-state index contributed by atoms with van der Waals surface area (Å²) in [6.45, 7) is 2.74. The van der Waals surface area contributed by atoms with Crippen LogP contribution in [0.15, 0.2) is 6.20 Å². The van der Waals surface area contributed by atoms with Crippen molar-refractivity contribution in [2.75, 3.05) is 11.9 Å². The average molecular weight is 297 g/mol. The minimum Gasteiger partial charge on any atom is -0.393 e. The highest BCUT2D eigenvalue weighted by Crippen LogP contribution is 2.23. The van der Waals surface area contributed by atoms with E-state index in [9.17, 15) is 9.90 Å². The van der Waals surface area contributed by atoms with Crippen LogP contribution in [0.25, 0.3) is 0 Å². The van der Waals surface area contributed by atoms with Gasteiger partial charge in [-0.1, -0.05) is 19.8 Å². The Bertz CT molecular complexity index is 436. The quantitative estimate of drug-likeness (QED) is 0.782. The third-order valence-corrected chi connectivity index (χ3v) is 4.55. The molecule has 1 aromatic rings. The maximum Gasteiger partial charge on any atom is 0.321 e. The minimum absolute atomic E-state index is 0.200. The van der Waals surface area contributed by atoms with E-state index >= 15 is 0 Å². The summed E-state index contributed by atoms with van der Waals surface area (Å²) in [5.41, 5.74) is 0. The van der Waals surface area contributed by atoms with E-state index in [1.807, 2.05) is 6.20 Å². The summed E-state index contributed by atoms with van der Waals surface area (Å²) >= 11 is 1.52. The van der Waals surface area contributed by atoms with Crippen LogP contribution in [-0.2, 0) is 6.42 Å². The number of carbonyl (C=O) groups is 1. The Morgan fingerprint density at radius 2 is 2.40 bits per heavy atom. The molecule has 1 aromatic heterocycles. The fraction of sp³-hybridized carbons (Fsp3) is 0.714. The number of aliphatic hydroxyl groups is 1. The fourth-order valence-corrected chi connectivity index (χ4v) is 3.46. The Morgan fingerprint density at radius 1 is 1.55 bits per heavy atom. The second-order valence-corrected chi connectivity index (χ2v) is 6.52. The van der Waals surface area contributed by atoms with Crippen molar-refractivity contribution in [3.8, 4) is 0 Å². The number of nitrogens with zero attached hydrogens (tertiary/aromatic N) is 1. The van der Waals surface area contributed by atoms with E-state index in [4.69, 9.17) is 0 Å². The number of amides is 2. The smallest absolute Gasteiger partial charge is 0.321 e. The molecular weight excluding hydrogens is 274 g/mol. The maximum atomic E-state index is 11.8. The van der Waals surface area contributed by atoms with Gasteiger partial charge in [0.2, 0.25) is 0 Å². The Kier molecular flexibility index (Phi) is 5.79. The predicted molar refractivity (Wildman–Crippen MR) is 81.1 cm³/mol. The van der Waals surface area contributed by atoms with Gasteiger partial charge in [0.05, 0.1) is 6.10 Å². The number of nitrogens with one attached hydrogen (secondary N) is 2. The van der Waals surface area contributed by atoms with Gasteiger partial charge in [-0.15, -0.1) is 11.3 Å². The Hall–Kier alpha value is -1.14. The van der Waals surface area contributed by atoms with Gasteiger partial charge in [-0.3, -0.25) is 5.32 Å². The minimum atomic E-state index is -0.206. The van der Waals surface area contributed by atoms with Crippen molar-refractivity contribution in [2.45, 2.75) is 51.6 Å². The lowest BCUT2D eigenvalue weighted by atomic mass is 9.87. The third kappa shape index (κ3) is 4.76. The van der Waals surface area contributed by atoms with E-state index in [1.54, 1.807) is 0 Å². The first-order valence-electron chi connectivity index (χ1n) is 7.35. The van der Waals surface area contributed by atoms with Crippen LogP contribution in [0.2, 0.25) is 0 Å². The number of hydrogen-bond donors (Lipinski definition) is 3. The van der Waals surface area contributed by atoms with Crippen LogP contribution in [0.5, 0.6) is 0 Å². The molecule has 2 rings (SSSR count). The number of hydrogen-bond acceptors (Lipinski definition) is 4. The van der Waals surface area contributed by atoms with Crippen LogP contribution < -0.4 is 10.6 Å². The maximum absolute atomic E-state index is 11.8. The molecule has 0 spiro atoms. The lowest BCUT2D eigenvalue weighted by Crippen LogP contribution is -2.35. The number of carbonyl (C=O) groups excluding carboxylic acids is 1. The van der Waals surface area contributed by atoms with Crippen molar-refractivity contribution in [2.24, 2.45) is 5.92 Å². The van der Waals surface area contributed by atoms with E-state index in [0.717, 1.165) is 38.5 Å². The van der Waals surface area contributed by atoms with Crippen molar-refractivity contribution in [1.82, 2.24) is 10.3 Å². The normalized spacial score (nSPS) is 22.5. The lowest BCUT2D eigenvalue weighted by molar-refractivity contribution is 0.101. The highest BCUT2D eigenvalue weighted by Gasteiger charge is 2.20. The standard InChI is InChI=1S/C14H23N3O2S/c1-2-4-12-9-16-14(20-12)17-13(19)15-8-10-5-3-6-11(18)7-10/h9-11,18H,2-8H2,1H3,(H2,15,16,17,19)/t10-,11-/m1/s1.